The number of nitrogens with one attached hydrogen (secondary N) is 1. The van der Waals surface area contributed by atoms with Crippen LogP contribution in [0, 0.1) is 5.92 Å². The zero-order chi connectivity index (χ0) is 19.6. The van der Waals surface area contributed by atoms with E-state index in [4.69, 9.17) is 4.74 Å². The number of hydrogen-bond donors (Lipinski definition) is 1. The topological polar surface area (TPSA) is 61.9 Å². The molecule has 1 aromatic carbocycles. The lowest BCUT2D eigenvalue weighted by molar-refractivity contribution is -0.131. The average molecular weight is 376 g/mol. The summed E-state index contributed by atoms with van der Waals surface area (Å²) in [6.45, 7) is 11.1. The molecule has 150 valence electrons. The van der Waals surface area contributed by atoms with Crippen LogP contribution in [0.4, 0.5) is 0 Å². The number of hydrogen-bond acceptors (Lipinski definition) is 4. The summed E-state index contributed by atoms with van der Waals surface area (Å²) in [6.07, 6.45) is 1.30. The average Bonchev–Trinajstić information content (AvgIpc) is 2.68. The summed E-state index contributed by atoms with van der Waals surface area (Å²) in [7, 11) is 0. The summed E-state index contributed by atoms with van der Waals surface area (Å²) in [5.74, 6) is 1.37. The number of nitrogens with zero attached hydrogens (tertiary/aromatic N) is 2. The Kier molecular flexibility index (Phi) is 8.58. The zero-order valence-electron chi connectivity index (χ0n) is 16.9. The van der Waals surface area contributed by atoms with Crippen molar-refractivity contribution in [2.24, 2.45) is 5.92 Å². The molecule has 6 nitrogen and oxygen atoms in total. The highest BCUT2D eigenvalue weighted by molar-refractivity contribution is 5.94. The van der Waals surface area contributed by atoms with Crippen molar-refractivity contribution in [2.75, 3.05) is 45.9 Å². The molecule has 0 aromatic heterocycles. The fraction of sp³-hybridized carbons (Fsp3) is 0.619. The molecule has 0 saturated carbocycles. The van der Waals surface area contributed by atoms with Crippen molar-refractivity contribution in [1.82, 2.24) is 15.1 Å². The highest BCUT2D eigenvalue weighted by atomic mass is 16.5. The van der Waals surface area contributed by atoms with Crippen molar-refractivity contribution >= 4 is 11.8 Å². The first-order valence-electron chi connectivity index (χ1n) is 10.0. The van der Waals surface area contributed by atoms with Gasteiger partial charge in [-0.15, -0.1) is 0 Å². The molecule has 1 aliphatic heterocycles. The molecule has 0 atom stereocenters. The maximum absolute atomic E-state index is 13.0. The monoisotopic (exact) mass is 375 g/mol. The van der Waals surface area contributed by atoms with Gasteiger partial charge in [0.25, 0.3) is 5.91 Å². The summed E-state index contributed by atoms with van der Waals surface area (Å²) in [5, 5.41) is 3.25. The molecule has 0 spiro atoms. The number of piperazine rings is 1. The van der Waals surface area contributed by atoms with Crippen molar-refractivity contribution < 1.29 is 14.3 Å². The van der Waals surface area contributed by atoms with Crippen LogP contribution in [0.3, 0.4) is 0 Å². The van der Waals surface area contributed by atoms with Crippen molar-refractivity contribution in [3.8, 4) is 5.75 Å². The van der Waals surface area contributed by atoms with Gasteiger partial charge in [-0.2, -0.15) is 0 Å². The first kappa shape index (κ1) is 21.2. The molecule has 2 rings (SSSR count). The van der Waals surface area contributed by atoms with Gasteiger partial charge in [0.05, 0.1) is 6.61 Å². The number of carbonyl (C=O) groups is 2. The molecular formula is C21H33N3O3. The largest absolute Gasteiger partial charge is 0.494 e. The normalized spacial score (nSPS) is 14.3. The minimum atomic E-state index is -0.0215. The Bertz CT molecular complexity index is 595. The Labute approximate surface area is 162 Å². The predicted molar refractivity (Wildman–Crippen MR) is 107 cm³/mol. The maximum atomic E-state index is 13.0. The maximum Gasteiger partial charge on any atom is 0.253 e. The lowest BCUT2D eigenvalue weighted by Crippen LogP contribution is -2.47. The molecule has 27 heavy (non-hydrogen) atoms. The number of rotatable bonds is 9. The molecule has 0 unspecified atom stereocenters. The van der Waals surface area contributed by atoms with Gasteiger partial charge in [0, 0.05) is 51.3 Å². The van der Waals surface area contributed by atoms with E-state index in [1.54, 1.807) is 12.1 Å². The Morgan fingerprint density at radius 1 is 1.15 bits per heavy atom. The van der Waals surface area contributed by atoms with Gasteiger partial charge >= 0.3 is 0 Å². The SMILES string of the molecule is CCOc1ccc(C(=O)N(CCC(=O)N2CCNCC2)CCC(C)C)cc1. The second-order valence-corrected chi connectivity index (χ2v) is 7.31. The second kappa shape index (κ2) is 10.9. The van der Waals surface area contributed by atoms with Crippen LogP contribution in [0.2, 0.25) is 0 Å². The number of benzene rings is 1. The highest BCUT2D eigenvalue weighted by Crippen LogP contribution is 2.15. The molecular weight excluding hydrogens is 342 g/mol. The Balaban J connectivity index is 1.98. The van der Waals surface area contributed by atoms with E-state index in [0.29, 0.717) is 37.6 Å². The van der Waals surface area contributed by atoms with Gasteiger partial charge in [-0.3, -0.25) is 9.59 Å². The first-order chi connectivity index (χ1) is 13.0. The molecule has 1 saturated heterocycles. The fourth-order valence-electron chi connectivity index (χ4n) is 3.07. The van der Waals surface area contributed by atoms with Crippen LogP contribution in [0.5, 0.6) is 5.75 Å². The third-order valence-corrected chi connectivity index (χ3v) is 4.74. The minimum Gasteiger partial charge on any atom is -0.494 e. The van der Waals surface area contributed by atoms with Crippen LogP contribution in [-0.4, -0.2) is 67.5 Å². The second-order valence-electron chi connectivity index (χ2n) is 7.31. The van der Waals surface area contributed by atoms with Crippen molar-refractivity contribution in [1.29, 1.82) is 0 Å². The fourth-order valence-corrected chi connectivity index (χ4v) is 3.07. The third kappa shape index (κ3) is 6.86. The van der Waals surface area contributed by atoms with E-state index in [0.717, 1.165) is 38.3 Å². The molecule has 6 heteroatoms. The molecule has 1 aromatic rings. The molecule has 0 bridgehead atoms. The van der Waals surface area contributed by atoms with Crippen molar-refractivity contribution in [2.45, 2.75) is 33.6 Å². The van der Waals surface area contributed by atoms with Crippen LogP contribution in [0.1, 0.15) is 44.0 Å². The van der Waals surface area contributed by atoms with Gasteiger partial charge < -0.3 is 19.9 Å². The number of amides is 2. The van der Waals surface area contributed by atoms with E-state index in [9.17, 15) is 9.59 Å². The molecule has 1 N–H and O–H groups in total. The lowest BCUT2D eigenvalue weighted by atomic mass is 10.1. The van der Waals surface area contributed by atoms with E-state index in [1.807, 2.05) is 28.9 Å². The summed E-state index contributed by atoms with van der Waals surface area (Å²) < 4.78 is 5.45. The van der Waals surface area contributed by atoms with E-state index < -0.39 is 0 Å². The van der Waals surface area contributed by atoms with Gasteiger partial charge in [-0.1, -0.05) is 13.8 Å². The standard InChI is InChI=1S/C21H33N3O3/c1-4-27-19-7-5-18(6-8-19)21(26)24(13-9-17(2)3)14-10-20(25)23-15-11-22-12-16-23/h5-8,17,22H,4,9-16H2,1-3H3. The molecule has 1 fully saturated rings. The summed E-state index contributed by atoms with van der Waals surface area (Å²) in [4.78, 5) is 29.1. The van der Waals surface area contributed by atoms with Crippen LogP contribution < -0.4 is 10.1 Å². The van der Waals surface area contributed by atoms with Gasteiger partial charge in [0.1, 0.15) is 5.75 Å². The smallest absolute Gasteiger partial charge is 0.253 e. The Morgan fingerprint density at radius 2 is 1.81 bits per heavy atom. The molecule has 1 aliphatic rings. The summed E-state index contributed by atoms with van der Waals surface area (Å²) in [5.41, 5.74) is 0.636. The van der Waals surface area contributed by atoms with Gasteiger partial charge in [0.2, 0.25) is 5.91 Å². The number of carbonyl (C=O) groups excluding carboxylic acids is 2. The lowest BCUT2D eigenvalue weighted by Gasteiger charge is -2.29. The highest BCUT2D eigenvalue weighted by Gasteiger charge is 2.20. The van der Waals surface area contributed by atoms with Crippen LogP contribution in [0.25, 0.3) is 0 Å². The summed E-state index contributed by atoms with van der Waals surface area (Å²) in [6, 6.07) is 7.24. The van der Waals surface area contributed by atoms with Crippen molar-refractivity contribution in [3.63, 3.8) is 0 Å². The quantitative estimate of drug-likeness (QED) is 0.720. The molecule has 0 radical (unpaired) electrons. The number of ether oxygens (including phenoxy) is 1. The molecule has 0 aliphatic carbocycles. The Morgan fingerprint density at radius 3 is 2.41 bits per heavy atom. The Hall–Kier alpha value is -2.08. The first-order valence-corrected chi connectivity index (χ1v) is 10.0. The van der Waals surface area contributed by atoms with E-state index in [-0.39, 0.29) is 11.8 Å². The van der Waals surface area contributed by atoms with Crippen molar-refractivity contribution in [3.05, 3.63) is 29.8 Å². The summed E-state index contributed by atoms with van der Waals surface area (Å²) >= 11 is 0. The molecule has 1 heterocycles. The van der Waals surface area contributed by atoms with Gasteiger partial charge in [-0.25, -0.2) is 0 Å². The van der Waals surface area contributed by atoms with Gasteiger partial charge in [0.15, 0.2) is 0 Å². The predicted octanol–water partition coefficient (Wildman–Crippen LogP) is 2.40. The molecule has 2 amide bonds. The van der Waals surface area contributed by atoms with E-state index >= 15 is 0 Å². The minimum absolute atomic E-state index is 0.0215. The van der Waals surface area contributed by atoms with Gasteiger partial charge in [-0.05, 0) is 43.5 Å². The van der Waals surface area contributed by atoms with Crippen LogP contribution in [0.15, 0.2) is 24.3 Å². The zero-order valence-corrected chi connectivity index (χ0v) is 16.9. The van der Waals surface area contributed by atoms with E-state index in [1.165, 1.54) is 0 Å². The van der Waals surface area contributed by atoms with E-state index in [2.05, 4.69) is 19.2 Å². The van der Waals surface area contributed by atoms with Crippen LogP contribution >= 0.6 is 0 Å². The third-order valence-electron chi connectivity index (χ3n) is 4.74. The van der Waals surface area contributed by atoms with Crippen LogP contribution in [-0.2, 0) is 4.79 Å².